The normalized spacial score (nSPS) is 11.4. The molecule has 1 aromatic heterocycles. The summed E-state index contributed by atoms with van der Waals surface area (Å²) in [5, 5.41) is 7.67. The summed E-state index contributed by atoms with van der Waals surface area (Å²) >= 11 is 0. The summed E-state index contributed by atoms with van der Waals surface area (Å²) in [6, 6.07) is 92.5. The number of nitrogens with zero attached hydrogens (tertiary/aromatic N) is 2. The van der Waals surface area contributed by atoms with E-state index in [2.05, 4.69) is 264 Å². The van der Waals surface area contributed by atoms with Crippen LogP contribution in [0.25, 0.3) is 93.5 Å². The lowest BCUT2D eigenvalue weighted by Gasteiger charge is -2.26. The molecule has 2 heteroatoms. The van der Waals surface area contributed by atoms with Crippen molar-refractivity contribution in [3.05, 3.63) is 255 Å². The number of hydrogen-bond donors (Lipinski definition) is 0. The number of para-hydroxylation sites is 1. The first-order valence-corrected chi connectivity index (χ1v) is 22.0. The van der Waals surface area contributed by atoms with Gasteiger partial charge in [0.05, 0.1) is 11.0 Å². The summed E-state index contributed by atoms with van der Waals surface area (Å²) in [6.45, 7) is 0. The van der Waals surface area contributed by atoms with E-state index in [1.54, 1.807) is 0 Å². The van der Waals surface area contributed by atoms with Crippen molar-refractivity contribution in [1.82, 2.24) is 4.57 Å². The lowest BCUT2D eigenvalue weighted by Crippen LogP contribution is -2.10. The van der Waals surface area contributed by atoms with Crippen molar-refractivity contribution < 1.29 is 0 Å². The molecule has 2 nitrogen and oxygen atoms in total. The first-order valence-electron chi connectivity index (χ1n) is 22.0. The first kappa shape index (κ1) is 37.3. The number of anilines is 3. The molecule has 0 bridgehead atoms. The quantitative estimate of drug-likeness (QED) is 0.139. The maximum atomic E-state index is 2.46. The van der Waals surface area contributed by atoms with Gasteiger partial charge < -0.3 is 9.47 Å². The van der Waals surface area contributed by atoms with Gasteiger partial charge in [-0.05, 0) is 121 Å². The van der Waals surface area contributed by atoms with Gasteiger partial charge in [-0.25, -0.2) is 0 Å². The molecule has 0 unspecified atom stereocenters. The van der Waals surface area contributed by atoms with Crippen molar-refractivity contribution in [2.75, 3.05) is 4.90 Å². The van der Waals surface area contributed by atoms with Crippen molar-refractivity contribution >= 4 is 60.4 Å². The number of rotatable bonds is 8. The number of aromatic nitrogens is 1. The van der Waals surface area contributed by atoms with Crippen molar-refractivity contribution in [2.45, 2.75) is 0 Å². The van der Waals surface area contributed by atoms with E-state index in [0.29, 0.717) is 0 Å². The minimum atomic E-state index is 1.09. The monoisotopic (exact) mass is 814 g/mol. The van der Waals surface area contributed by atoms with Gasteiger partial charge in [-0.3, -0.25) is 0 Å². The van der Waals surface area contributed by atoms with E-state index in [4.69, 9.17) is 0 Å². The van der Waals surface area contributed by atoms with Crippen molar-refractivity contribution in [3.63, 3.8) is 0 Å². The van der Waals surface area contributed by atoms with E-state index in [1.807, 2.05) is 0 Å². The Morgan fingerprint density at radius 3 is 1.27 bits per heavy atom. The highest BCUT2D eigenvalue weighted by Crippen LogP contribution is 2.43. The van der Waals surface area contributed by atoms with Gasteiger partial charge in [0, 0.05) is 38.9 Å². The van der Waals surface area contributed by atoms with Gasteiger partial charge in [0.25, 0.3) is 0 Å². The Labute approximate surface area is 373 Å². The van der Waals surface area contributed by atoms with Crippen LogP contribution in [-0.4, -0.2) is 4.57 Å². The Bertz CT molecular complexity index is 3620. The summed E-state index contributed by atoms with van der Waals surface area (Å²) in [7, 11) is 0. The average molecular weight is 815 g/mol. The molecule has 0 amide bonds. The SMILES string of the molecule is c1ccc(-c2ccc(N(c3ccc(-c4cccc(-c5ccccc5)c4)cc3)c3cccc(-c4ccc(-n5c6ccccc6c6c7ccccc7c7ccccc7c65)cc4)c3)cc2)cc1. The summed E-state index contributed by atoms with van der Waals surface area (Å²) in [5.41, 5.74) is 16.4. The van der Waals surface area contributed by atoms with Crippen LogP contribution in [0.15, 0.2) is 255 Å². The average Bonchev–Trinajstić information content (AvgIpc) is 3.73. The Morgan fingerprint density at radius 1 is 0.250 bits per heavy atom. The van der Waals surface area contributed by atoms with E-state index in [0.717, 1.165) is 33.9 Å². The molecule has 300 valence electrons. The fraction of sp³-hybridized carbons (Fsp3) is 0. The lowest BCUT2D eigenvalue weighted by molar-refractivity contribution is 1.19. The number of hydrogen-bond acceptors (Lipinski definition) is 1. The van der Waals surface area contributed by atoms with Crippen LogP contribution in [0.2, 0.25) is 0 Å². The van der Waals surface area contributed by atoms with E-state index in [9.17, 15) is 0 Å². The van der Waals surface area contributed by atoms with Crippen LogP contribution in [0.1, 0.15) is 0 Å². The largest absolute Gasteiger partial charge is 0.310 e. The smallest absolute Gasteiger partial charge is 0.0625 e. The van der Waals surface area contributed by atoms with Gasteiger partial charge in [0.2, 0.25) is 0 Å². The van der Waals surface area contributed by atoms with Crippen LogP contribution in [0, 0.1) is 0 Å². The molecule has 12 aromatic rings. The second kappa shape index (κ2) is 15.8. The predicted molar refractivity (Wildman–Crippen MR) is 272 cm³/mol. The maximum Gasteiger partial charge on any atom is 0.0625 e. The highest BCUT2D eigenvalue weighted by atomic mass is 15.1. The first-order chi connectivity index (χ1) is 31.7. The molecule has 0 fully saturated rings. The van der Waals surface area contributed by atoms with Crippen LogP contribution < -0.4 is 4.90 Å². The van der Waals surface area contributed by atoms with Crippen LogP contribution >= 0.6 is 0 Å². The zero-order valence-electron chi connectivity index (χ0n) is 35.1. The Hall–Kier alpha value is -8.46. The molecule has 0 spiro atoms. The third kappa shape index (κ3) is 6.52. The molecule has 11 aromatic carbocycles. The molecule has 0 atom stereocenters. The van der Waals surface area contributed by atoms with Crippen LogP contribution in [0.5, 0.6) is 0 Å². The van der Waals surface area contributed by atoms with Gasteiger partial charge in [-0.15, -0.1) is 0 Å². The van der Waals surface area contributed by atoms with Crippen LogP contribution in [0.4, 0.5) is 17.1 Å². The topological polar surface area (TPSA) is 8.17 Å². The molecule has 0 saturated heterocycles. The fourth-order valence-electron chi connectivity index (χ4n) is 9.72. The van der Waals surface area contributed by atoms with Gasteiger partial charge >= 0.3 is 0 Å². The third-order valence-electron chi connectivity index (χ3n) is 12.8. The van der Waals surface area contributed by atoms with Gasteiger partial charge in [0.1, 0.15) is 0 Å². The summed E-state index contributed by atoms with van der Waals surface area (Å²) < 4.78 is 2.46. The highest BCUT2D eigenvalue weighted by Gasteiger charge is 2.19. The second-order valence-corrected chi connectivity index (χ2v) is 16.5. The molecule has 0 N–H and O–H groups in total. The van der Waals surface area contributed by atoms with Gasteiger partial charge in [-0.1, -0.05) is 194 Å². The standard InChI is InChI=1S/C62H42N2/c1-3-15-43(16-4-1)45-29-35-51(36-30-45)63(52-37-31-46(32-38-52)49-20-13-19-48(41-49)44-17-5-2-6-18-44)54-22-14-21-50(42-54)47-33-39-53(40-34-47)64-60-28-12-11-27-59(60)61-57-25-9-7-23-55(57)56-24-8-10-26-58(56)62(61)64/h1-42H. The zero-order chi connectivity index (χ0) is 42.4. The van der Waals surface area contributed by atoms with Crippen LogP contribution in [-0.2, 0) is 0 Å². The van der Waals surface area contributed by atoms with Gasteiger partial charge in [0.15, 0.2) is 0 Å². The van der Waals surface area contributed by atoms with E-state index < -0.39 is 0 Å². The summed E-state index contributed by atoms with van der Waals surface area (Å²) in [5.74, 6) is 0. The Balaban J connectivity index is 0.939. The van der Waals surface area contributed by atoms with E-state index in [1.165, 1.54) is 76.7 Å². The minimum absolute atomic E-state index is 1.09. The fourth-order valence-corrected chi connectivity index (χ4v) is 9.72. The van der Waals surface area contributed by atoms with Gasteiger partial charge in [-0.2, -0.15) is 0 Å². The molecule has 0 aliphatic heterocycles. The molecule has 12 rings (SSSR count). The maximum absolute atomic E-state index is 2.46. The molecule has 0 radical (unpaired) electrons. The molecule has 0 aliphatic rings. The molecule has 0 saturated carbocycles. The zero-order valence-corrected chi connectivity index (χ0v) is 35.1. The number of fused-ring (bicyclic) bond motifs is 8. The van der Waals surface area contributed by atoms with Crippen LogP contribution in [0.3, 0.4) is 0 Å². The lowest BCUT2D eigenvalue weighted by atomic mass is 9.97. The van der Waals surface area contributed by atoms with Crippen molar-refractivity contribution in [1.29, 1.82) is 0 Å². The molecule has 64 heavy (non-hydrogen) atoms. The summed E-state index contributed by atoms with van der Waals surface area (Å²) in [6.07, 6.45) is 0. The molecule has 1 heterocycles. The third-order valence-corrected chi connectivity index (χ3v) is 12.8. The van der Waals surface area contributed by atoms with E-state index >= 15 is 0 Å². The second-order valence-electron chi connectivity index (χ2n) is 16.5. The number of benzene rings is 11. The van der Waals surface area contributed by atoms with E-state index in [-0.39, 0.29) is 0 Å². The van der Waals surface area contributed by atoms with Crippen molar-refractivity contribution in [2.24, 2.45) is 0 Å². The molecular weight excluding hydrogens is 773 g/mol. The minimum Gasteiger partial charge on any atom is -0.310 e. The predicted octanol–water partition coefficient (Wildman–Crippen LogP) is 17.2. The Morgan fingerprint density at radius 2 is 0.656 bits per heavy atom. The molecular formula is C62H42N2. The molecule has 0 aliphatic carbocycles. The Kier molecular flexibility index (Phi) is 9.20. The highest BCUT2D eigenvalue weighted by molar-refractivity contribution is 6.32. The van der Waals surface area contributed by atoms with Crippen molar-refractivity contribution in [3.8, 4) is 50.2 Å². The summed E-state index contributed by atoms with van der Waals surface area (Å²) in [4.78, 5) is 2.37.